The number of thiazole rings is 1. The zero-order valence-electron chi connectivity index (χ0n) is 12.1. The fourth-order valence-corrected chi connectivity index (χ4v) is 3.41. The van der Waals surface area contributed by atoms with Crippen molar-refractivity contribution >= 4 is 48.0 Å². The SMILES string of the molecule is Cl.Cl.O=C(c1cscn1)N1CCCC(N2CCNCC2=O)C1. The summed E-state index contributed by atoms with van der Waals surface area (Å²) in [4.78, 5) is 32.1. The lowest BCUT2D eigenvalue weighted by atomic mass is 10.0. The lowest BCUT2D eigenvalue weighted by molar-refractivity contribution is -0.135. The first-order valence-electron chi connectivity index (χ1n) is 6.93. The van der Waals surface area contributed by atoms with Gasteiger partial charge in [-0.3, -0.25) is 9.59 Å². The standard InChI is InChI=1S/C13H18N4O2S.2ClH/c18-12-6-14-3-5-17(12)10-2-1-4-16(7-10)13(19)11-8-20-9-15-11;;/h8-10,14H,1-7H2;2*1H. The zero-order chi connectivity index (χ0) is 13.9. The third-order valence-corrected chi connectivity index (χ3v) is 4.49. The van der Waals surface area contributed by atoms with Crippen LogP contribution in [0.5, 0.6) is 0 Å². The first kappa shape index (κ1) is 19.2. The van der Waals surface area contributed by atoms with Gasteiger partial charge in [0.2, 0.25) is 5.91 Å². The van der Waals surface area contributed by atoms with E-state index in [1.165, 1.54) is 11.3 Å². The Hall–Kier alpha value is -0.890. The van der Waals surface area contributed by atoms with E-state index in [0.29, 0.717) is 18.8 Å². The van der Waals surface area contributed by atoms with Crippen LogP contribution in [0.3, 0.4) is 0 Å². The van der Waals surface area contributed by atoms with Crippen molar-refractivity contribution in [1.82, 2.24) is 20.1 Å². The Bertz CT molecular complexity index is 500. The van der Waals surface area contributed by atoms with Crippen LogP contribution < -0.4 is 5.32 Å². The largest absolute Gasteiger partial charge is 0.336 e. The topological polar surface area (TPSA) is 65.5 Å². The van der Waals surface area contributed by atoms with Gasteiger partial charge in [-0.15, -0.1) is 36.2 Å². The highest BCUT2D eigenvalue weighted by molar-refractivity contribution is 7.07. The van der Waals surface area contributed by atoms with Crippen molar-refractivity contribution in [3.05, 3.63) is 16.6 Å². The summed E-state index contributed by atoms with van der Waals surface area (Å²) in [7, 11) is 0. The van der Waals surface area contributed by atoms with Crippen LogP contribution >= 0.6 is 36.2 Å². The third-order valence-electron chi connectivity index (χ3n) is 3.90. The van der Waals surface area contributed by atoms with Crippen molar-refractivity contribution in [2.75, 3.05) is 32.7 Å². The van der Waals surface area contributed by atoms with E-state index in [0.717, 1.165) is 32.5 Å². The monoisotopic (exact) mass is 366 g/mol. The van der Waals surface area contributed by atoms with Gasteiger partial charge in [0.25, 0.3) is 5.91 Å². The lowest BCUT2D eigenvalue weighted by Crippen LogP contribution is -2.57. The van der Waals surface area contributed by atoms with Gasteiger partial charge in [-0.25, -0.2) is 4.98 Å². The van der Waals surface area contributed by atoms with Gasteiger partial charge in [0.15, 0.2) is 0 Å². The number of likely N-dealkylation sites (tertiary alicyclic amines) is 1. The van der Waals surface area contributed by atoms with E-state index in [1.807, 2.05) is 9.80 Å². The molecule has 0 spiro atoms. The number of hydrogen-bond acceptors (Lipinski definition) is 5. The Labute approximate surface area is 146 Å². The molecule has 1 aromatic rings. The number of aromatic nitrogens is 1. The van der Waals surface area contributed by atoms with Crippen LogP contribution in [-0.4, -0.2) is 65.4 Å². The van der Waals surface area contributed by atoms with Gasteiger partial charge in [-0.1, -0.05) is 0 Å². The molecule has 0 aliphatic carbocycles. The summed E-state index contributed by atoms with van der Waals surface area (Å²) < 4.78 is 0. The van der Waals surface area contributed by atoms with Crippen molar-refractivity contribution in [3.8, 4) is 0 Å². The molecule has 22 heavy (non-hydrogen) atoms. The molecule has 0 bridgehead atoms. The Morgan fingerprint density at radius 3 is 2.86 bits per heavy atom. The van der Waals surface area contributed by atoms with Gasteiger partial charge in [-0.2, -0.15) is 0 Å². The lowest BCUT2D eigenvalue weighted by Gasteiger charge is -2.40. The minimum atomic E-state index is -0.0152. The van der Waals surface area contributed by atoms with E-state index in [-0.39, 0.29) is 42.7 Å². The molecule has 2 fully saturated rings. The number of hydrogen-bond donors (Lipinski definition) is 1. The maximum Gasteiger partial charge on any atom is 0.273 e. The van der Waals surface area contributed by atoms with Crippen LogP contribution in [0.4, 0.5) is 0 Å². The van der Waals surface area contributed by atoms with Crippen molar-refractivity contribution in [2.45, 2.75) is 18.9 Å². The van der Waals surface area contributed by atoms with Crippen molar-refractivity contribution in [2.24, 2.45) is 0 Å². The zero-order valence-corrected chi connectivity index (χ0v) is 14.5. The fourth-order valence-electron chi connectivity index (χ4n) is 2.88. The summed E-state index contributed by atoms with van der Waals surface area (Å²) in [5.41, 5.74) is 2.19. The molecule has 3 rings (SSSR count). The molecule has 124 valence electrons. The first-order chi connectivity index (χ1) is 9.75. The molecule has 3 heterocycles. The second kappa shape index (κ2) is 8.67. The number of piperazine rings is 1. The second-order valence-electron chi connectivity index (χ2n) is 5.18. The number of nitrogens with zero attached hydrogens (tertiary/aromatic N) is 3. The highest BCUT2D eigenvalue weighted by atomic mass is 35.5. The minimum Gasteiger partial charge on any atom is -0.336 e. The summed E-state index contributed by atoms with van der Waals surface area (Å²) >= 11 is 1.43. The summed E-state index contributed by atoms with van der Waals surface area (Å²) in [6.45, 7) is 3.37. The minimum absolute atomic E-state index is 0. The van der Waals surface area contributed by atoms with E-state index < -0.39 is 0 Å². The normalized spacial score (nSPS) is 21.8. The summed E-state index contributed by atoms with van der Waals surface area (Å²) in [6, 6.07) is 0.154. The smallest absolute Gasteiger partial charge is 0.273 e. The second-order valence-corrected chi connectivity index (χ2v) is 5.90. The van der Waals surface area contributed by atoms with E-state index in [4.69, 9.17) is 0 Å². The maximum absolute atomic E-state index is 12.3. The Kier molecular flexibility index (Phi) is 7.55. The Morgan fingerprint density at radius 2 is 2.18 bits per heavy atom. The molecule has 2 aliphatic heterocycles. The number of carbonyl (C=O) groups is 2. The van der Waals surface area contributed by atoms with Gasteiger partial charge >= 0.3 is 0 Å². The first-order valence-corrected chi connectivity index (χ1v) is 7.87. The molecule has 1 N–H and O–H groups in total. The van der Waals surface area contributed by atoms with Crippen LogP contribution in [0.2, 0.25) is 0 Å². The molecule has 0 saturated carbocycles. The summed E-state index contributed by atoms with van der Waals surface area (Å²) in [5, 5.41) is 4.86. The van der Waals surface area contributed by atoms with Crippen LogP contribution in [0, 0.1) is 0 Å². The van der Waals surface area contributed by atoms with Gasteiger partial charge in [0.1, 0.15) is 5.69 Å². The highest BCUT2D eigenvalue weighted by Gasteiger charge is 2.32. The average molecular weight is 367 g/mol. The highest BCUT2D eigenvalue weighted by Crippen LogP contribution is 2.19. The van der Waals surface area contributed by atoms with Crippen LogP contribution in [0.25, 0.3) is 0 Å². The molecule has 2 saturated heterocycles. The quantitative estimate of drug-likeness (QED) is 0.848. The van der Waals surface area contributed by atoms with Gasteiger partial charge < -0.3 is 15.1 Å². The van der Waals surface area contributed by atoms with Crippen LogP contribution in [0.1, 0.15) is 23.3 Å². The molecule has 6 nitrogen and oxygen atoms in total. The average Bonchev–Trinajstić information content (AvgIpc) is 3.01. The van der Waals surface area contributed by atoms with Crippen LogP contribution in [0.15, 0.2) is 10.9 Å². The van der Waals surface area contributed by atoms with E-state index in [1.54, 1.807) is 10.9 Å². The van der Waals surface area contributed by atoms with E-state index in [9.17, 15) is 9.59 Å². The number of nitrogens with one attached hydrogen (secondary N) is 1. The molecule has 9 heteroatoms. The predicted molar refractivity (Wildman–Crippen MR) is 90.1 cm³/mol. The molecule has 0 radical (unpaired) electrons. The molecule has 2 amide bonds. The molecule has 0 aromatic carbocycles. The van der Waals surface area contributed by atoms with Gasteiger partial charge in [0.05, 0.1) is 12.1 Å². The summed E-state index contributed by atoms with van der Waals surface area (Å²) in [5.74, 6) is 0.128. The molecular weight excluding hydrogens is 347 g/mol. The predicted octanol–water partition coefficient (Wildman–Crippen LogP) is 1.02. The number of rotatable bonds is 2. The molecule has 1 atom stereocenters. The maximum atomic E-state index is 12.3. The van der Waals surface area contributed by atoms with E-state index in [2.05, 4.69) is 10.3 Å². The van der Waals surface area contributed by atoms with Crippen molar-refractivity contribution in [3.63, 3.8) is 0 Å². The number of carbonyl (C=O) groups excluding carboxylic acids is 2. The van der Waals surface area contributed by atoms with Crippen molar-refractivity contribution < 1.29 is 9.59 Å². The Balaban J connectivity index is 0.00000121. The number of halogens is 2. The molecule has 2 aliphatic rings. The third kappa shape index (κ3) is 4.10. The summed E-state index contributed by atoms with van der Waals surface area (Å²) in [6.07, 6.45) is 1.92. The molecule has 1 unspecified atom stereocenters. The molecule has 1 aromatic heterocycles. The Morgan fingerprint density at radius 1 is 1.36 bits per heavy atom. The molecular formula is C13H20Cl2N4O2S. The van der Waals surface area contributed by atoms with E-state index >= 15 is 0 Å². The number of amides is 2. The van der Waals surface area contributed by atoms with Gasteiger partial charge in [0, 0.05) is 37.6 Å². The van der Waals surface area contributed by atoms with Gasteiger partial charge in [-0.05, 0) is 12.8 Å². The number of piperidine rings is 1. The van der Waals surface area contributed by atoms with Crippen LogP contribution in [-0.2, 0) is 4.79 Å². The van der Waals surface area contributed by atoms with Crippen molar-refractivity contribution in [1.29, 1.82) is 0 Å². The fraction of sp³-hybridized carbons (Fsp3) is 0.615.